The molecule has 0 aliphatic heterocycles. The van der Waals surface area contributed by atoms with Crippen LogP contribution in [-0.4, -0.2) is 39.7 Å². The lowest BCUT2D eigenvalue weighted by atomic mass is 9.96. The molecule has 0 aromatic rings. The molecule has 0 fully saturated rings. The van der Waals surface area contributed by atoms with E-state index in [1.165, 1.54) is 77.0 Å². The molecule has 8 heteroatoms. The summed E-state index contributed by atoms with van der Waals surface area (Å²) in [7, 11) is -2.66. The molecule has 4 N–H and O–H groups in total. The van der Waals surface area contributed by atoms with Crippen molar-refractivity contribution >= 4 is 27.2 Å². The summed E-state index contributed by atoms with van der Waals surface area (Å²) in [6.07, 6.45) is 20.8. The van der Waals surface area contributed by atoms with Crippen molar-refractivity contribution in [1.82, 2.24) is 6.15 Å². The number of carboxylic acids is 1. The fourth-order valence-electron chi connectivity index (χ4n) is 4.54. The van der Waals surface area contributed by atoms with Crippen LogP contribution in [0, 0.1) is 5.92 Å². The average Bonchev–Trinajstić information content (AvgIpc) is 2.78. The third-order valence-corrected chi connectivity index (χ3v) is 9.54. The highest BCUT2D eigenvalue weighted by molar-refractivity contribution is 6.60. The molecule has 0 heterocycles. The summed E-state index contributed by atoms with van der Waals surface area (Å²) in [5.74, 6) is -0.930. The van der Waals surface area contributed by atoms with Crippen LogP contribution in [0.2, 0.25) is 6.04 Å². The first-order chi connectivity index (χ1) is 16.0. The molecule has 0 rings (SSSR count). The molecule has 6 nitrogen and oxygen atoms in total. The van der Waals surface area contributed by atoms with Gasteiger partial charge in [0.1, 0.15) is 0 Å². The number of carbonyl (C=O) groups is 1. The van der Waals surface area contributed by atoms with E-state index in [1.807, 2.05) is 20.8 Å². The Morgan fingerprint density at radius 1 is 0.629 bits per heavy atom. The van der Waals surface area contributed by atoms with Gasteiger partial charge in [-0.15, -0.1) is 12.4 Å². The maximum Gasteiger partial charge on any atom is 0.500 e. The van der Waals surface area contributed by atoms with Gasteiger partial charge in [-0.25, -0.2) is 0 Å². The number of carboxylic acid groups (broad SMARTS) is 1. The Morgan fingerprint density at radius 3 is 1.31 bits per heavy atom. The minimum atomic E-state index is -2.66. The van der Waals surface area contributed by atoms with Crippen molar-refractivity contribution in [1.29, 1.82) is 0 Å². The number of unbranched alkanes of at least 4 members (excludes halogenated alkanes) is 13. The Bertz CT molecular complexity index is 429. The molecule has 1 atom stereocenters. The summed E-state index contributed by atoms with van der Waals surface area (Å²) in [5.41, 5.74) is 0. The van der Waals surface area contributed by atoms with E-state index in [0.29, 0.717) is 32.3 Å². The monoisotopic (exact) mass is 541 g/mol. The molecule has 0 aromatic carbocycles. The topological polar surface area (TPSA) is 100.0 Å². The fourth-order valence-corrected chi connectivity index (χ4v) is 7.18. The van der Waals surface area contributed by atoms with Crippen LogP contribution in [0.3, 0.4) is 0 Å². The third-order valence-electron chi connectivity index (χ3n) is 6.38. The van der Waals surface area contributed by atoms with Crippen molar-refractivity contribution < 1.29 is 23.2 Å². The molecule has 0 aliphatic rings. The molecule has 1 unspecified atom stereocenters. The summed E-state index contributed by atoms with van der Waals surface area (Å²) < 4.78 is 17.7. The summed E-state index contributed by atoms with van der Waals surface area (Å²) in [5, 5.41) is 9.63. The highest BCUT2D eigenvalue weighted by atomic mass is 35.5. The summed E-state index contributed by atoms with van der Waals surface area (Å²) in [6, 6.07) is 0.699. The van der Waals surface area contributed by atoms with E-state index in [2.05, 4.69) is 6.92 Å². The molecule has 0 amide bonds. The van der Waals surface area contributed by atoms with Gasteiger partial charge in [0.25, 0.3) is 0 Å². The van der Waals surface area contributed by atoms with Crippen LogP contribution in [0.25, 0.3) is 0 Å². The van der Waals surface area contributed by atoms with E-state index in [4.69, 9.17) is 13.3 Å². The van der Waals surface area contributed by atoms with E-state index >= 15 is 0 Å². The van der Waals surface area contributed by atoms with Crippen LogP contribution in [0.15, 0.2) is 0 Å². The third kappa shape index (κ3) is 22.7. The van der Waals surface area contributed by atoms with Gasteiger partial charge in [-0.2, -0.15) is 0 Å². The van der Waals surface area contributed by atoms with Gasteiger partial charge in [0.05, 0.1) is 5.92 Å². The SMILES string of the molecule is CCCCCCCCCCCCCCCCC(CCC[Si](OCC)(OCC)OCC)C(=O)O.Cl.N. The second-order valence-corrected chi connectivity index (χ2v) is 12.0. The van der Waals surface area contributed by atoms with Crippen molar-refractivity contribution in [3.63, 3.8) is 0 Å². The lowest BCUT2D eigenvalue weighted by molar-refractivity contribution is -0.142. The van der Waals surface area contributed by atoms with Crippen LogP contribution >= 0.6 is 12.4 Å². The Labute approximate surface area is 225 Å². The molecular formula is C27H60ClNO5Si. The Kier molecular flexibility index (Phi) is 31.9. The van der Waals surface area contributed by atoms with Crippen molar-refractivity contribution in [2.45, 2.75) is 143 Å². The largest absolute Gasteiger partial charge is 0.500 e. The first-order valence-corrected chi connectivity index (χ1v) is 16.1. The minimum absolute atomic E-state index is 0. The first kappa shape index (κ1) is 39.3. The Hall–Kier alpha value is -0.183. The Morgan fingerprint density at radius 2 is 0.971 bits per heavy atom. The second-order valence-electron chi connectivity index (χ2n) is 9.29. The number of hydrogen-bond donors (Lipinski definition) is 2. The van der Waals surface area contributed by atoms with Gasteiger partial charge in [0.15, 0.2) is 0 Å². The number of halogens is 1. The molecule has 0 spiro atoms. The van der Waals surface area contributed by atoms with E-state index in [-0.39, 0.29) is 24.5 Å². The first-order valence-electron chi connectivity index (χ1n) is 14.2. The van der Waals surface area contributed by atoms with Gasteiger partial charge in [-0.3, -0.25) is 4.79 Å². The number of hydrogen-bond acceptors (Lipinski definition) is 5. The normalized spacial score (nSPS) is 12.1. The van der Waals surface area contributed by atoms with Gasteiger partial charge >= 0.3 is 14.8 Å². The Balaban J connectivity index is -0.00000512. The zero-order valence-corrected chi connectivity index (χ0v) is 25.4. The average molecular weight is 542 g/mol. The van der Waals surface area contributed by atoms with Gasteiger partial charge < -0.3 is 24.5 Å². The summed E-state index contributed by atoms with van der Waals surface area (Å²) >= 11 is 0. The lowest BCUT2D eigenvalue weighted by Gasteiger charge is -2.28. The van der Waals surface area contributed by atoms with Crippen LogP contribution < -0.4 is 6.15 Å². The maximum absolute atomic E-state index is 11.7. The molecule has 0 aliphatic carbocycles. The van der Waals surface area contributed by atoms with E-state index in [9.17, 15) is 9.90 Å². The van der Waals surface area contributed by atoms with Crippen LogP contribution in [0.4, 0.5) is 0 Å². The maximum atomic E-state index is 11.7. The zero-order valence-electron chi connectivity index (χ0n) is 23.6. The molecule has 0 bridgehead atoms. The zero-order chi connectivity index (χ0) is 24.6. The van der Waals surface area contributed by atoms with Gasteiger partial charge in [-0.05, 0) is 40.0 Å². The highest BCUT2D eigenvalue weighted by Crippen LogP contribution is 2.24. The second kappa shape index (κ2) is 28.4. The lowest BCUT2D eigenvalue weighted by Crippen LogP contribution is -2.46. The van der Waals surface area contributed by atoms with Gasteiger partial charge in [0, 0.05) is 25.9 Å². The molecule has 0 saturated heterocycles. The fraction of sp³-hybridized carbons (Fsp3) is 0.963. The minimum Gasteiger partial charge on any atom is -0.481 e. The molecule has 0 saturated carbocycles. The van der Waals surface area contributed by atoms with Gasteiger partial charge in [-0.1, -0.05) is 96.8 Å². The number of aliphatic carboxylic acids is 1. The van der Waals surface area contributed by atoms with Crippen molar-refractivity contribution in [2.75, 3.05) is 19.8 Å². The predicted molar refractivity (Wildman–Crippen MR) is 153 cm³/mol. The number of rotatable bonds is 26. The van der Waals surface area contributed by atoms with Crippen molar-refractivity contribution in [3.05, 3.63) is 0 Å². The van der Waals surface area contributed by atoms with Crippen LogP contribution in [0.5, 0.6) is 0 Å². The van der Waals surface area contributed by atoms with Gasteiger partial charge in [0.2, 0.25) is 0 Å². The summed E-state index contributed by atoms with van der Waals surface area (Å²) in [6.45, 7) is 9.82. The quantitative estimate of drug-likeness (QED) is 0.0836. The summed E-state index contributed by atoms with van der Waals surface area (Å²) in [4.78, 5) is 11.7. The standard InChI is InChI=1S/C27H56O5Si.ClH.H3N/c1-5-9-10-11-12-13-14-15-16-17-18-19-20-21-23-26(27(28)29)24-22-25-33(30-6-2,31-7-3)32-8-4;;/h26H,5-25H2,1-4H3,(H,28,29);1H;1H3. The van der Waals surface area contributed by atoms with E-state index in [1.54, 1.807) is 0 Å². The molecule has 214 valence electrons. The van der Waals surface area contributed by atoms with E-state index in [0.717, 1.165) is 25.7 Å². The highest BCUT2D eigenvalue weighted by Gasteiger charge is 2.40. The predicted octanol–water partition coefficient (Wildman–Crippen LogP) is 8.97. The smallest absolute Gasteiger partial charge is 0.481 e. The van der Waals surface area contributed by atoms with Crippen LogP contribution in [0.1, 0.15) is 137 Å². The molecular weight excluding hydrogens is 482 g/mol. The molecule has 0 radical (unpaired) electrons. The molecule has 35 heavy (non-hydrogen) atoms. The van der Waals surface area contributed by atoms with Crippen LogP contribution in [-0.2, 0) is 18.1 Å². The molecule has 0 aromatic heterocycles. The van der Waals surface area contributed by atoms with E-state index < -0.39 is 14.8 Å². The van der Waals surface area contributed by atoms with Crippen molar-refractivity contribution in [3.8, 4) is 0 Å². The van der Waals surface area contributed by atoms with Crippen molar-refractivity contribution in [2.24, 2.45) is 5.92 Å².